The molecule has 0 bridgehead atoms. The average molecular weight is 373 g/mol. The first-order valence-electron chi connectivity index (χ1n) is 8.77. The normalized spacial score (nSPS) is 11.0. The summed E-state index contributed by atoms with van der Waals surface area (Å²) in [6.07, 6.45) is 0. The molecule has 0 aliphatic rings. The summed E-state index contributed by atoms with van der Waals surface area (Å²) in [6, 6.07) is 21.5. The first kappa shape index (κ1) is 17.5. The van der Waals surface area contributed by atoms with Crippen molar-refractivity contribution in [2.45, 2.75) is 18.9 Å². The predicted molar refractivity (Wildman–Crippen MR) is 109 cm³/mol. The molecule has 0 saturated carbocycles. The monoisotopic (exact) mass is 373 g/mol. The number of ketones is 1. The summed E-state index contributed by atoms with van der Waals surface area (Å²) >= 11 is 1.50. The molecule has 0 N–H and O–H groups in total. The number of rotatable bonds is 5. The van der Waals surface area contributed by atoms with Gasteiger partial charge in [0.1, 0.15) is 5.03 Å². The Morgan fingerprint density at radius 3 is 2.37 bits per heavy atom. The summed E-state index contributed by atoms with van der Waals surface area (Å²) in [6.45, 7) is 3.97. The Morgan fingerprint density at radius 2 is 1.67 bits per heavy atom. The fraction of sp³-hybridized carbons (Fsp3) is 0.136. The van der Waals surface area contributed by atoms with Crippen LogP contribution in [0.4, 0.5) is 0 Å². The van der Waals surface area contributed by atoms with Crippen molar-refractivity contribution in [3.05, 3.63) is 83.7 Å². The Labute approximate surface area is 162 Å². The number of carbonyl (C=O) groups excluding carboxylic acids is 1. The number of aryl methyl sites for hydroxylation is 2. The number of thioether (sulfide) groups is 1. The molecule has 2 heterocycles. The summed E-state index contributed by atoms with van der Waals surface area (Å²) in [5.74, 6) is 0.470. The number of hydrogen-bond acceptors (Lipinski definition) is 4. The third-order valence-corrected chi connectivity index (χ3v) is 5.36. The summed E-state index contributed by atoms with van der Waals surface area (Å²) in [5.41, 5.74) is 5.53. The zero-order valence-corrected chi connectivity index (χ0v) is 16.0. The van der Waals surface area contributed by atoms with Crippen LogP contribution in [0.1, 0.15) is 21.7 Å². The lowest BCUT2D eigenvalue weighted by atomic mass is 10.1. The van der Waals surface area contributed by atoms with Crippen LogP contribution in [0.3, 0.4) is 0 Å². The number of carbonyl (C=O) groups is 1. The van der Waals surface area contributed by atoms with Crippen LogP contribution in [0.25, 0.3) is 16.8 Å². The fourth-order valence-electron chi connectivity index (χ4n) is 3.10. The van der Waals surface area contributed by atoms with E-state index in [4.69, 9.17) is 10.1 Å². The topological polar surface area (TPSA) is 47.3 Å². The highest BCUT2D eigenvalue weighted by atomic mass is 32.2. The van der Waals surface area contributed by atoms with Crippen molar-refractivity contribution in [1.82, 2.24) is 14.6 Å². The smallest absolute Gasteiger partial charge is 0.173 e. The van der Waals surface area contributed by atoms with Crippen molar-refractivity contribution >= 4 is 23.2 Å². The molecule has 4 aromatic rings. The fourth-order valence-corrected chi connectivity index (χ4v) is 4.05. The number of hydrogen-bond donors (Lipinski definition) is 0. The van der Waals surface area contributed by atoms with Gasteiger partial charge in [0.25, 0.3) is 0 Å². The van der Waals surface area contributed by atoms with Crippen molar-refractivity contribution in [2.75, 3.05) is 5.75 Å². The molecule has 0 unspecified atom stereocenters. The van der Waals surface area contributed by atoms with E-state index in [0.29, 0.717) is 5.75 Å². The lowest BCUT2D eigenvalue weighted by Crippen LogP contribution is -2.04. The van der Waals surface area contributed by atoms with E-state index in [1.807, 2.05) is 73.0 Å². The maximum absolute atomic E-state index is 12.5. The summed E-state index contributed by atoms with van der Waals surface area (Å²) < 4.78 is 1.85. The van der Waals surface area contributed by atoms with Crippen LogP contribution in [0, 0.1) is 13.8 Å². The summed E-state index contributed by atoms with van der Waals surface area (Å²) in [4.78, 5) is 17.2. The maximum Gasteiger partial charge on any atom is 0.173 e. The van der Waals surface area contributed by atoms with Crippen molar-refractivity contribution in [3.63, 3.8) is 0 Å². The van der Waals surface area contributed by atoms with Gasteiger partial charge in [-0.1, -0.05) is 72.4 Å². The first-order valence-corrected chi connectivity index (χ1v) is 9.75. The molecule has 5 heteroatoms. The number of nitrogens with zero attached hydrogens (tertiary/aromatic N) is 3. The highest BCUT2D eigenvalue weighted by Gasteiger charge is 2.17. The molecule has 0 aliphatic carbocycles. The van der Waals surface area contributed by atoms with E-state index in [1.165, 1.54) is 11.8 Å². The summed E-state index contributed by atoms with van der Waals surface area (Å²) in [7, 11) is 0. The SMILES string of the molecule is Cc1cc(SCC(=O)c2ccccc2)n2nc(C)c(-c3ccccc3)c2n1. The Hall–Kier alpha value is -2.92. The van der Waals surface area contributed by atoms with Crippen LogP contribution in [0.2, 0.25) is 0 Å². The Morgan fingerprint density at radius 1 is 1.00 bits per heavy atom. The van der Waals surface area contributed by atoms with Gasteiger partial charge in [0, 0.05) is 16.8 Å². The standard InChI is InChI=1S/C22H19N3OS/c1-15-13-20(27-14-19(26)17-9-5-3-6-10-17)25-22(23-15)21(16(2)24-25)18-11-7-4-8-12-18/h3-13H,14H2,1-2H3. The third kappa shape index (κ3) is 3.51. The molecular formula is C22H19N3OS. The van der Waals surface area contributed by atoms with Crippen LogP contribution < -0.4 is 0 Å². The molecule has 0 atom stereocenters. The number of fused-ring (bicyclic) bond motifs is 1. The van der Waals surface area contributed by atoms with Crippen LogP contribution in [0.5, 0.6) is 0 Å². The van der Waals surface area contributed by atoms with Gasteiger partial charge in [-0.2, -0.15) is 5.10 Å². The average Bonchev–Trinajstić information content (AvgIpc) is 3.03. The third-order valence-electron chi connectivity index (χ3n) is 4.37. The molecule has 2 aromatic heterocycles. The predicted octanol–water partition coefficient (Wildman–Crippen LogP) is 4.99. The zero-order chi connectivity index (χ0) is 18.8. The van der Waals surface area contributed by atoms with E-state index in [9.17, 15) is 4.79 Å². The van der Waals surface area contributed by atoms with E-state index in [-0.39, 0.29) is 5.78 Å². The first-order chi connectivity index (χ1) is 13.1. The molecule has 0 amide bonds. The van der Waals surface area contributed by atoms with Gasteiger partial charge in [0.2, 0.25) is 0 Å². The van der Waals surface area contributed by atoms with Gasteiger partial charge in [0.05, 0.1) is 11.4 Å². The Kier molecular flexibility index (Phi) is 4.77. The Balaban J connectivity index is 1.71. The van der Waals surface area contributed by atoms with E-state index >= 15 is 0 Å². The second kappa shape index (κ2) is 7.37. The quantitative estimate of drug-likeness (QED) is 0.281. The molecule has 4 nitrogen and oxygen atoms in total. The van der Waals surface area contributed by atoms with Crippen molar-refractivity contribution in [1.29, 1.82) is 0 Å². The van der Waals surface area contributed by atoms with Gasteiger partial charge in [-0.15, -0.1) is 0 Å². The number of Topliss-reactive ketones (excluding diaryl/α,β-unsaturated/α-hetero) is 1. The van der Waals surface area contributed by atoms with E-state index in [0.717, 1.165) is 38.8 Å². The molecule has 134 valence electrons. The van der Waals surface area contributed by atoms with Gasteiger partial charge in [0.15, 0.2) is 11.4 Å². The lowest BCUT2D eigenvalue weighted by molar-refractivity contribution is 0.102. The molecule has 0 saturated heterocycles. The minimum Gasteiger partial charge on any atom is -0.293 e. The lowest BCUT2D eigenvalue weighted by Gasteiger charge is -2.07. The van der Waals surface area contributed by atoms with Gasteiger partial charge >= 0.3 is 0 Å². The molecule has 27 heavy (non-hydrogen) atoms. The molecule has 0 radical (unpaired) electrons. The van der Waals surface area contributed by atoms with Gasteiger partial charge < -0.3 is 0 Å². The summed E-state index contributed by atoms with van der Waals surface area (Å²) in [5, 5.41) is 5.63. The molecule has 2 aromatic carbocycles. The van der Waals surface area contributed by atoms with E-state index in [1.54, 1.807) is 0 Å². The minimum absolute atomic E-state index is 0.107. The van der Waals surface area contributed by atoms with Crippen molar-refractivity contribution in [2.24, 2.45) is 0 Å². The van der Waals surface area contributed by atoms with Crippen LogP contribution in [0.15, 0.2) is 71.8 Å². The number of benzene rings is 2. The molecule has 0 spiro atoms. The molecule has 0 fully saturated rings. The van der Waals surface area contributed by atoms with E-state index < -0.39 is 0 Å². The van der Waals surface area contributed by atoms with Gasteiger partial charge in [-0.05, 0) is 25.5 Å². The van der Waals surface area contributed by atoms with Crippen LogP contribution in [-0.4, -0.2) is 26.1 Å². The minimum atomic E-state index is 0.107. The van der Waals surface area contributed by atoms with Gasteiger partial charge in [-0.25, -0.2) is 9.50 Å². The molecule has 4 rings (SSSR count). The van der Waals surface area contributed by atoms with Gasteiger partial charge in [-0.3, -0.25) is 4.79 Å². The largest absolute Gasteiger partial charge is 0.293 e. The van der Waals surface area contributed by atoms with Crippen molar-refractivity contribution < 1.29 is 4.79 Å². The second-order valence-corrected chi connectivity index (χ2v) is 7.37. The molecular weight excluding hydrogens is 354 g/mol. The van der Waals surface area contributed by atoms with Crippen molar-refractivity contribution in [3.8, 4) is 11.1 Å². The highest BCUT2D eigenvalue weighted by Crippen LogP contribution is 2.30. The Bertz CT molecular complexity index is 1100. The zero-order valence-electron chi connectivity index (χ0n) is 15.2. The maximum atomic E-state index is 12.5. The second-order valence-electron chi connectivity index (χ2n) is 6.38. The van der Waals surface area contributed by atoms with Crippen LogP contribution >= 0.6 is 11.8 Å². The van der Waals surface area contributed by atoms with Crippen LogP contribution in [-0.2, 0) is 0 Å². The highest BCUT2D eigenvalue weighted by molar-refractivity contribution is 7.99. The number of aromatic nitrogens is 3. The van der Waals surface area contributed by atoms with E-state index in [2.05, 4.69) is 12.1 Å². The molecule has 0 aliphatic heterocycles.